The van der Waals surface area contributed by atoms with Gasteiger partial charge in [-0.2, -0.15) is 5.10 Å². The van der Waals surface area contributed by atoms with Crippen molar-refractivity contribution >= 4 is 5.97 Å². The Kier molecular flexibility index (Phi) is 4.10. The molecule has 0 radical (unpaired) electrons. The zero-order valence-electron chi connectivity index (χ0n) is 10.7. The van der Waals surface area contributed by atoms with Crippen LogP contribution in [0.1, 0.15) is 43.1 Å². The van der Waals surface area contributed by atoms with Crippen LogP contribution in [-0.4, -0.2) is 22.9 Å². The number of aromatic nitrogens is 2. The van der Waals surface area contributed by atoms with Crippen LogP contribution < -0.4 is 0 Å². The van der Waals surface area contributed by atoms with Gasteiger partial charge in [-0.3, -0.25) is 9.48 Å². The van der Waals surface area contributed by atoms with Crippen LogP contribution in [0.25, 0.3) is 0 Å². The number of methoxy groups -OCH3 is 1. The Bertz CT molecular complexity index is 383. The van der Waals surface area contributed by atoms with Crippen LogP contribution in [0.5, 0.6) is 0 Å². The van der Waals surface area contributed by atoms with Gasteiger partial charge in [0.25, 0.3) is 0 Å². The summed E-state index contributed by atoms with van der Waals surface area (Å²) in [5.41, 5.74) is 2.99. The summed E-state index contributed by atoms with van der Waals surface area (Å²) in [4.78, 5) is 11.5. The summed E-state index contributed by atoms with van der Waals surface area (Å²) >= 11 is 0. The summed E-state index contributed by atoms with van der Waals surface area (Å²) in [6.07, 6.45) is 1.04. The fraction of sp³-hybridized carbons (Fsp3) is 0.667. The van der Waals surface area contributed by atoms with Crippen molar-refractivity contribution in [2.45, 2.75) is 46.6 Å². The number of aryl methyl sites for hydroxylation is 2. The lowest BCUT2D eigenvalue weighted by Crippen LogP contribution is -2.12. The van der Waals surface area contributed by atoms with Gasteiger partial charge in [-0.05, 0) is 27.2 Å². The van der Waals surface area contributed by atoms with Gasteiger partial charge < -0.3 is 4.74 Å². The van der Waals surface area contributed by atoms with Crippen LogP contribution in [0.4, 0.5) is 0 Å². The lowest BCUT2D eigenvalue weighted by atomic mass is 9.99. The summed E-state index contributed by atoms with van der Waals surface area (Å²) < 4.78 is 6.73. The van der Waals surface area contributed by atoms with E-state index in [0.717, 1.165) is 29.9 Å². The van der Waals surface area contributed by atoms with Gasteiger partial charge in [-0.25, -0.2) is 0 Å². The van der Waals surface area contributed by atoms with Gasteiger partial charge in [-0.1, -0.05) is 6.92 Å². The first-order valence-electron chi connectivity index (χ1n) is 5.64. The maximum atomic E-state index is 11.5. The van der Waals surface area contributed by atoms with Crippen LogP contribution in [0, 0.1) is 13.8 Å². The van der Waals surface area contributed by atoms with Gasteiger partial charge in [0.1, 0.15) is 0 Å². The van der Waals surface area contributed by atoms with Gasteiger partial charge >= 0.3 is 5.97 Å². The molecule has 0 saturated carbocycles. The molecule has 1 rings (SSSR count). The minimum absolute atomic E-state index is 0.206. The fourth-order valence-corrected chi connectivity index (χ4v) is 2.06. The third kappa shape index (κ3) is 2.26. The average molecular weight is 224 g/mol. The van der Waals surface area contributed by atoms with E-state index < -0.39 is 0 Å². The minimum atomic E-state index is -0.240. The highest BCUT2D eigenvalue weighted by Gasteiger charge is 2.23. The molecule has 1 unspecified atom stereocenters. The second-order valence-corrected chi connectivity index (χ2v) is 4.05. The van der Waals surface area contributed by atoms with Crippen molar-refractivity contribution in [2.24, 2.45) is 0 Å². The predicted octanol–water partition coefficient (Wildman–Crippen LogP) is 2.19. The quantitative estimate of drug-likeness (QED) is 0.736. The molecular formula is C12H20N2O2. The molecule has 0 amide bonds. The van der Waals surface area contributed by atoms with Crippen molar-refractivity contribution in [3.8, 4) is 0 Å². The van der Waals surface area contributed by atoms with E-state index in [1.807, 2.05) is 25.5 Å². The first kappa shape index (κ1) is 12.7. The van der Waals surface area contributed by atoms with Crippen LogP contribution in [0.2, 0.25) is 0 Å². The van der Waals surface area contributed by atoms with E-state index >= 15 is 0 Å². The van der Waals surface area contributed by atoms with Crippen molar-refractivity contribution < 1.29 is 9.53 Å². The standard InChI is InChI=1S/C12H20N2O2/c1-6-7-14-10(4)11(9(3)13-14)8(2)12(15)16-5/h8H,6-7H2,1-5H3. The Morgan fingerprint density at radius 3 is 2.62 bits per heavy atom. The number of rotatable bonds is 4. The van der Waals surface area contributed by atoms with E-state index in [-0.39, 0.29) is 11.9 Å². The minimum Gasteiger partial charge on any atom is -0.469 e. The van der Waals surface area contributed by atoms with Gasteiger partial charge in [-0.15, -0.1) is 0 Å². The molecule has 0 spiro atoms. The lowest BCUT2D eigenvalue weighted by molar-refractivity contribution is -0.142. The molecule has 1 heterocycles. The van der Waals surface area contributed by atoms with E-state index in [2.05, 4.69) is 12.0 Å². The highest BCUT2D eigenvalue weighted by Crippen LogP contribution is 2.24. The lowest BCUT2D eigenvalue weighted by Gasteiger charge is -2.10. The highest BCUT2D eigenvalue weighted by molar-refractivity contribution is 5.78. The molecule has 0 aliphatic heterocycles. The van der Waals surface area contributed by atoms with Gasteiger partial charge in [0.15, 0.2) is 0 Å². The predicted molar refractivity (Wildman–Crippen MR) is 62.4 cm³/mol. The number of esters is 1. The monoisotopic (exact) mass is 224 g/mol. The molecule has 4 nitrogen and oxygen atoms in total. The number of carbonyl (C=O) groups excluding carboxylic acids is 1. The Labute approximate surface area is 96.6 Å². The third-order valence-electron chi connectivity index (χ3n) is 2.86. The summed E-state index contributed by atoms with van der Waals surface area (Å²) in [6.45, 7) is 8.80. The Balaban J connectivity index is 3.08. The molecule has 0 fully saturated rings. The summed E-state index contributed by atoms with van der Waals surface area (Å²) in [5.74, 6) is -0.446. The molecule has 1 atom stereocenters. The molecule has 90 valence electrons. The second-order valence-electron chi connectivity index (χ2n) is 4.05. The molecule has 16 heavy (non-hydrogen) atoms. The SMILES string of the molecule is CCCn1nc(C)c(C(C)C(=O)OC)c1C. The topological polar surface area (TPSA) is 44.1 Å². The summed E-state index contributed by atoms with van der Waals surface area (Å²) in [5, 5.41) is 4.45. The Morgan fingerprint density at radius 2 is 2.12 bits per heavy atom. The Morgan fingerprint density at radius 1 is 1.50 bits per heavy atom. The first-order valence-corrected chi connectivity index (χ1v) is 5.64. The zero-order valence-corrected chi connectivity index (χ0v) is 10.7. The van der Waals surface area contributed by atoms with Crippen molar-refractivity contribution in [1.29, 1.82) is 0 Å². The summed E-state index contributed by atoms with van der Waals surface area (Å²) in [7, 11) is 1.42. The molecular weight excluding hydrogens is 204 g/mol. The number of nitrogens with zero attached hydrogens (tertiary/aromatic N) is 2. The van der Waals surface area contributed by atoms with E-state index in [0.29, 0.717) is 0 Å². The molecule has 0 N–H and O–H groups in total. The zero-order chi connectivity index (χ0) is 12.3. The molecule has 0 bridgehead atoms. The molecule has 0 aromatic carbocycles. The van der Waals surface area contributed by atoms with Crippen LogP contribution in [-0.2, 0) is 16.1 Å². The van der Waals surface area contributed by atoms with E-state index in [4.69, 9.17) is 4.74 Å². The summed E-state index contributed by atoms with van der Waals surface area (Å²) in [6, 6.07) is 0. The molecule has 1 aromatic rings. The van der Waals surface area contributed by atoms with Crippen molar-refractivity contribution in [1.82, 2.24) is 9.78 Å². The molecule has 0 saturated heterocycles. The number of carbonyl (C=O) groups is 1. The van der Waals surface area contributed by atoms with Gasteiger partial charge in [0.2, 0.25) is 0 Å². The van der Waals surface area contributed by atoms with Crippen LogP contribution >= 0.6 is 0 Å². The number of hydrogen-bond donors (Lipinski definition) is 0. The molecule has 0 aliphatic rings. The normalized spacial score (nSPS) is 12.6. The van der Waals surface area contributed by atoms with Gasteiger partial charge in [0, 0.05) is 17.8 Å². The molecule has 1 aromatic heterocycles. The highest BCUT2D eigenvalue weighted by atomic mass is 16.5. The molecule has 4 heteroatoms. The van der Waals surface area contributed by atoms with Crippen LogP contribution in [0.3, 0.4) is 0 Å². The van der Waals surface area contributed by atoms with Crippen LogP contribution in [0.15, 0.2) is 0 Å². The first-order chi connectivity index (χ1) is 7.52. The average Bonchev–Trinajstić information content (AvgIpc) is 2.53. The fourth-order valence-electron chi connectivity index (χ4n) is 2.06. The molecule has 0 aliphatic carbocycles. The van der Waals surface area contributed by atoms with E-state index in [1.54, 1.807) is 0 Å². The maximum absolute atomic E-state index is 11.5. The Hall–Kier alpha value is -1.32. The smallest absolute Gasteiger partial charge is 0.312 e. The third-order valence-corrected chi connectivity index (χ3v) is 2.86. The van der Waals surface area contributed by atoms with Crippen molar-refractivity contribution in [2.75, 3.05) is 7.11 Å². The van der Waals surface area contributed by atoms with E-state index in [1.165, 1.54) is 7.11 Å². The largest absolute Gasteiger partial charge is 0.469 e. The van der Waals surface area contributed by atoms with Crippen molar-refractivity contribution in [3.63, 3.8) is 0 Å². The second kappa shape index (κ2) is 5.14. The van der Waals surface area contributed by atoms with Gasteiger partial charge in [0.05, 0.1) is 18.7 Å². The maximum Gasteiger partial charge on any atom is 0.312 e. The number of hydrogen-bond acceptors (Lipinski definition) is 3. The number of ether oxygens (including phenoxy) is 1. The van der Waals surface area contributed by atoms with Crippen molar-refractivity contribution in [3.05, 3.63) is 17.0 Å². The van der Waals surface area contributed by atoms with E-state index in [9.17, 15) is 4.79 Å².